The van der Waals surface area contributed by atoms with Crippen LogP contribution in [0.25, 0.3) is 6.08 Å². The minimum atomic E-state index is -0.255. The second kappa shape index (κ2) is 7.01. The van der Waals surface area contributed by atoms with Gasteiger partial charge in [-0.1, -0.05) is 6.07 Å². The first-order valence-corrected chi connectivity index (χ1v) is 7.33. The topological polar surface area (TPSA) is 39.2 Å². The van der Waals surface area contributed by atoms with Gasteiger partial charge in [-0.2, -0.15) is 0 Å². The minimum Gasteiger partial charge on any atom is -0.463 e. The lowest BCUT2D eigenvalue weighted by Gasteiger charge is -2.00. The van der Waals surface area contributed by atoms with Crippen LogP contribution in [0.1, 0.15) is 29.2 Å². The molecule has 0 aliphatic heterocycles. The monoisotopic (exact) mass is 287 g/mol. The smallest absolute Gasteiger partial charge is 0.333 e. The van der Waals surface area contributed by atoms with Crippen molar-refractivity contribution in [1.29, 1.82) is 0 Å². The van der Waals surface area contributed by atoms with E-state index in [0.717, 1.165) is 11.3 Å². The van der Waals surface area contributed by atoms with Crippen molar-refractivity contribution in [3.8, 4) is 0 Å². The largest absolute Gasteiger partial charge is 0.463 e. The van der Waals surface area contributed by atoms with Gasteiger partial charge in [0.05, 0.1) is 6.61 Å². The maximum Gasteiger partial charge on any atom is 0.333 e. The van der Waals surface area contributed by atoms with E-state index in [0.29, 0.717) is 12.2 Å². The van der Waals surface area contributed by atoms with E-state index in [1.165, 1.54) is 10.4 Å². The zero-order valence-electron chi connectivity index (χ0n) is 11.6. The van der Waals surface area contributed by atoms with Crippen molar-refractivity contribution in [3.05, 3.63) is 57.6 Å². The number of ether oxygens (including phenoxy) is 1. The quantitative estimate of drug-likeness (QED) is 0.622. The standard InChI is InChI=1S/C16H17NO2S/c1-3-19-16(18)12(2)9-14-6-7-15(20-14)10-13-5-4-8-17-11-13/h4-9,11H,3,10H2,1-2H3. The summed E-state index contributed by atoms with van der Waals surface area (Å²) >= 11 is 1.68. The van der Waals surface area contributed by atoms with Crippen LogP contribution >= 0.6 is 11.3 Å². The summed E-state index contributed by atoms with van der Waals surface area (Å²) in [5, 5.41) is 0. The van der Waals surface area contributed by atoms with Gasteiger partial charge in [0.25, 0.3) is 0 Å². The van der Waals surface area contributed by atoms with Crippen LogP contribution in [0.2, 0.25) is 0 Å². The molecule has 2 aromatic rings. The van der Waals surface area contributed by atoms with Gasteiger partial charge in [-0.25, -0.2) is 4.79 Å². The van der Waals surface area contributed by atoms with Gasteiger partial charge >= 0.3 is 5.97 Å². The van der Waals surface area contributed by atoms with Crippen molar-refractivity contribution in [2.45, 2.75) is 20.3 Å². The number of hydrogen-bond acceptors (Lipinski definition) is 4. The lowest BCUT2D eigenvalue weighted by Crippen LogP contribution is -2.04. The van der Waals surface area contributed by atoms with Crippen LogP contribution < -0.4 is 0 Å². The van der Waals surface area contributed by atoms with E-state index in [4.69, 9.17) is 4.74 Å². The summed E-state index contributed by atoms with van der Waals surface area (Å²) in [6.45, 7) is 3.99. The number of pyridine rings is 1. The lowest BCUT2D eigenvalue weighted by molar-refractivity contribution is -0.138. The molecular weight excluding hydrogens is 270 g/mol. The van der Waals surface area contributed by atoms with Gasteiger partial charge in [-0.15, -0.1) is 11.3 Å². The van der Waals surface area contributed by atoms with Gasteiger partial charge in [0.15, 0.2) is 0 Å². The number of carbonyl (C=O) groups is 1. The van der Waals surface area contributed by atoms with Crippen LogP contribution in [0, 0.1) is 0 Å². The van der Waals surface area contributed by atoms with Crippen LogP contribution in [0.4, 0.5) is 0 Å². The third-order valence-corrected chi connectivity index (χ3v) is 3.77. The summed E-state index contributed by atoms with van der Waals surface area (Å²) in [7, 11) is 0. The maximum absolute atomic E-state index is 11.6. The predicted octanol–water partition coefficient (Wildman–Crippen LogP) is 3.70. The van der Waals surface area contributed by atoms with Gasteiger partial charge < -0.3 is 4.74 Å². The molecule has 0 amide bonds. The Morgan fingerprint density at radius 1 is 1.40 bits per heavy atom. The number of aromatic nitrogens is 1. The maximum atomic E-state index is 11.6. The zero-order chi connectivity index (χ0) is 14.4. The molecule has 20 heavy (non-hydrogen) atoms. The van der Waals surface area contributed by atoms with E-state index in [1.54, 1.807) is 24.5 Å². The summed E-state index contributed by atoms with van der Waals surface area (Å²) in [5.74, 6) is -0.255. The van der Waals surface area contributed by atoms with E-state index in [9.17, 15) is 4.79 Å². The molecule has 0 aromatic carbocycles. The highest BCUT2D eigenvalue weighted by Gasteiger charge is 2.06. The SMILES string of the molecule is CCOC(=O)C(C)=Cc1ccc(Cc2cccnc2)s1. The van der Waals surface area contributed by atoms with E-state index >= 15 is 0 Å². The Morgan fingerprint density at radius 2 is 2.25 bits per heavy atom. The normalized spacial score (nSPS) is 11.4. The Bertz CT molecular complexity index is 602. The fraction of sp³-hybridized carbons (Fsp3) is 0.250. The Hall–Kier alpha value is -1.94. The number of carbonyl (C=O) groups excluding carboxylic acids is 1. The van der Waals surface area contributed by atoms with Gasteiger partial charge in [0, 0.05) is 34.1 Å². The molecule has 0 aliphatic carbocycles. The average Bonchev–Trinajstić information content (AvgIpc) is 2.87. The first-order chi connectivity index (χ1) is 9.69. The van der Waals surface area contributed by atoms with Gasteiger partial charge in [-0.3, -0.25) is 4.98 Å². The molecule has 3 nitrogen and oxygen atoms in total. The molecular formula is C16H17NO2S. The minimum absolute atomic E-state index is 0.255. The van der Waals surface area contributed by atoms with Gasteiger partial charge in [0.2, 0.25) is 0 Å². The molecule has 104 valence electrons. The summed E-state index contributed by atoms with van der Waals surface area (Å²) < 4.78 is 4.97. The number of hydrogen-bond donors (Lipinski definition) is 0. The van der Waals surface area contributed by atoms with Gasteiger partial charge in [0.1, 0.15) is 0 Å². The Balaban J connectivity index is 2.06. The third kappa shape index (κ3) is 4.03. The first-order valence-electron chi connectivity index (χ1n) is 6.52. The van der Waals surface area contributed by atoms with Crippen molar-refractivity contribution >= 4 is 23.4 Å². The van der Waals surface area contributed by atoms with E-state index in [1.807, 2.05) is 31.3 Å². The molecule has 0 atom stereocenters. The molecule has 2 rings (SSSR count). The van der Waals surface area contributed by atoms with Crippen LogP contribution in [-0.4, -0.2) is 17.6 Å². The molecule has 2 heterocycles. The van der Waals surface area contributed by atoms with Crippen molar-refractivity contribution in [2.75, 3.05) is 6.61 Å². The molecule has 0 spiro atoms. The molecule has 0 N–H and O–H groups in total. The van der Waals surface area contributed by atoms with Crippen molar-refractivity contribution in [3.63, 3.8) is 0 Å². The summed E-state index contributed by atoms with van der Waals surface area (Å²) in [4.78, 5) is 18.0. The number of nitrogens with zero attached hydrogens (tertiary/aromatic N) is 1. The van der Waals surface area contributed by atoms with E-state index in [-0.39, 0.29) is 5.97 Å². The average molecular weight is 287 g/mol. The summed E-state index contributed by atoms with van der Waals surface area (Å²) in [6.07, 6.45) is 6.38. The van der Waals surface area contributed by atoms with Crippen LogP contribution in [0.15, 0.2) is 42.2 Å². The van der Waals surface area contributed by atoms with Crippen LogP contribution in [-0.2, 0) is 16.0 Å². The van der Waals surface area contributed by atoms with E-state index < -0.39 is 0 Å². The zero-order valence-corrected chi connectivity index (χ0v) is 12.4. The number of rotatable bonds is 5. The van der Waals surface area contributed by atoms with Crippen molar-refractivity contribution < 1.29 is 9.53 Å². The highest BCUT2D eigenvalue weighted by Crippen LogP contribution is 2.22. The molecule has 2 aromatic heterocycles. The fourth-order valence-corrected chi connectivity index (χ4v) is 2.84. The number of thiophene rings is 1. The van der Waals surface area contributed by atoms with Crippen LogP contribution in [0.5, 0.6) is 0 Å². The van der Waals surface area contributed by atoms with Crippen LogP contribution in [0.3, 0.4) is 0 Å². The van der Waals surface area contributed by atoms with Crippen molar-refractivity contribution in [2.24, 2.45) is 0 Å². The van der Waals surface area contributed by atoms with E-state index in [2.05, 4.69) is 17.1 Å². The molecule has 0 saturated heterocycles. The first kappa shape index (κ1) is 14.5. The molecule has 0 unspecified atom stereocenters. The molecule has 4 heteroatoms. The third-order valence-electron chi connectivity index (χ3n) is 2.74. The Morgan fingerprint density at radius 3 is 2.95 bits per heavy atom. The number of esters is 1. The fourth-order valence-electron chi connectivity index (χ4n) is 1.79. The Labute approximate surface area is 122 Å². The predicted molar refractivity (Wildman–Crippen MR) is 81.6 cm³/mol. The highest BCUT2D eigenvalue weighted by molar-refractivity contribution is 7.12. The highest BCUT2D eigenvalue weighted by atomic mass is 32.1. The Kier molecular flexibility index (Phi) is 5.07. The summed E-state index contributed by atoms with van der Waals surface area (Å²) in [5.41, 5.74) is 1.81. The molecule has 0 aliphatic rings. The molecule has 0 bridgehead atoms. The second-order valence-electron chi connectivity index (χ2n) is 4.39. The summed E-state index contributed by atoms with van der Waals surface area (Å²) in [6, 6.07) is 8.11. The lowest BCUT2D eigenvalue weighted by atomic mass is 10.2. The molecule has 0 radical (unpaired) electrons. The molecule has 0 saturated carbocycles. The van der Waals surface area contributed by atoms with Gasteiger partial charge in [-0.05, 0) is 43.7 Å². The van der Waals surface area contributed by atoms with Crippen molar-refractivity contribution in [1.82, 2.24) is 4.98 Å². The second-order valence-corrected chi connectivity index (χ2v) is 5.59. The molecule has 0 fully saturated rings.